The van der Waals surface area contributed by atoms with Crippen molar-refractivity contribution in [1.82, 2.24) is 0 Å². The van der Waals surface area contributed by atoms with Gasteiger partial charge in [0.15, 0.2) is 0 Å². The van der Waals surface area contributed by atoms with Crippen LogP contribution in [0.5, 0.6) is 5.75 Å². The van der Waals surface area contributed by atoms with E-state index in [1.165, 1.54) is 5.54 Å². The van der Waals surface area contributed by atoms with Gasteiger partial charge in [0.05, 0.1) is 0 Å². The fourth-order valence-electron chi connectivity index (χ4n) is 1.44. The summed E-state index contributed by atoms with van der Waals surface area (Å²) in [5, 5.41) is 0. The number of rotatable bonds is 5. The lowest BCUT2D eigenvalue weighted by molar-refractivity contribution is 0.356. The first-order valence-electron chi connectivity index (χ1n) is 4.96. The smallest absolute Gasteiger partial charge is 0.125 e. The maximum Gasteiger partial charge on any atom is 0.125 e. The molecular weight excluding hydrogens is 210 g/mol. The van der Waals surface area contributed by atoms with Crippen LogP contribution in [0.15, 0.2) is 29.8 Å². The molecular formula is C12H16ClNO. The monoisotopic (exact) mass is 225 g/mol. The predicted molar refractivity (Wildman–Crippen MR) is 64.4 cm³/mol. The zero-order chi connectivity index (χ0) is 11.1. The van der Waals surface area contributed by atoms with E-state index in [0.717, 1.165) is 23.3 Å². The molecule has 0 amide bonds. The summed E-state index contributed by atoms with van der Waals surface area (Å²) < 4.78 is 5.63. The van der Waals surface area contributed by atoms with Gasteiger partial charge in [-0.1, -0.05) is 29.8 Å². The molecule has 0 fully saturated rings. The highest BCUT2D eigenvalue weighted by atomic mass is 35.5. The van der Waals surface area contributed by atoms with E-state index in [1.807, 2.05) is 25.1 Å². The molecule has 1 aromatic carbocycles. The third-order valence-electron chi connectivity index (χ3n) is 2.12. The normalized spacial score (nSPS) is 10.9. The molecule has 0 atom stereocenters. The van der Waals surface area contributed by atoms with E-state index < -0.39 is 0 Å². The molecule has 2 N–H and O–H groups in total. The highest BCUT2D eigenvalue weighted by Crippen LogP contribution is 2.23. The molecule has 0 heterocycles. The topological polar surface area (TPSA) is 35.2 Å². The molecule has 0 spiro atoms. The van der Waals surface area contributed by atoms with Crippen LogP contribution in [0.4, 0.5) is 0 Å². The number of nitrogens with two attached hydrogens (primary N) is 1. The average Bonchev–Trinajstić information content (AvgIpc) is 2.23. The van der Waals surface area contributed by atoms with Crippen molar-refractivity contribution in [3.8, 4) is 5.75 Å². The predicted octanol–water partition coefficient (Wildman–Crippen LogP) is 2.63. The SMILES string of the molecule is Cc1cccc(CCN)c1OC/C=C/Cl. The molecule has 0 aliphatic carbocycles. The molecule has 2 nitrogen and oxygen atoms in total. The minimum Gasteiger partial charge on any atom is -0.489 e. The Labute approximate surface area is 95.7 Å². The van der Waals surface area contributed by atoms with Crippen LogP contribution in [0.3, 0.4) is 0 Å². The third-order valence-corrected chi connectivity index (χ3v) is 2.30. The van der Waals surface area contributed by atoms with Gasteiger partial charge in [-0.2, -0.15) is 0 Å². The highest BCUT2D eigenvalue weighted by molar-refractivity contribution is 6.25. The van der Waals surface area contributed by atoms with Crippen molar-refractivity contribution in [2.75, 3.05) is 13.2 Å². The number of hydrogen-bond donors (Lipinski definition) is 1. The molecule has 15 heavy (non-hydrogen) atoms. The molecule has 3 heteroatoms. The molecule has 0 bridgehead atoms. The lowest BCUT2D eigenvalue weighted by atomic mass is 10.1. The van der Waals surface area contributed by atoms with Gasteiger partial charge in [0.1, 0.15) is 12.4 Å². The van der Waals surface area contributed by atoms with Gasteiger partial charge >= 0.3 is 0 Å². The van der Waals surface area contributed by atoms with Crippen LogP contribution in [0.2, 0.25) is 0 Å². The summed E-state index contributed by atoms with van der Waals surface area (Å²) >= 11 is 5.43. The molecule has 0 aromatic heterocycles. The Bertz CT molecular complexity index is 336. The molecule has 0 radical (unpaired) electrons. The van der Waals surface area contributed by atoms with Crippen molar-refractivity contribution in [2.24, 2.45) is 5.73 Å². The van der Waals surface area contributed by atoms with E-state index in [-0.39, 0.29) is 0 Å². The quantitative estimate of drug-likeness (QED) is 0.836. The van der Waals surface area contributed by atoms with Gasteiger partial charge in [-0.3, -0.25) is 0 Å². The fourth-order valence-corrected chi connectivity index (χ4v) is 1.51. The van der Waals surface area contributed by atoms with E-state index in [2.05, 4.69) is 0 Å². The standard InChI is InChI=1S/C12H16ClNO/c1-10-4-2-5-11(6-8-14)12(10)15-9-3-7-13/h2-5,7H,6,8-9,14H2,1H3/b7-3+. The lowest BCUT2D eigenvalue weighted by Gasteiger charge is -2.12. The first kappa shape index (κ1) is 12.1. The summed E-state index contributed by atoms with van der Waals surface area (Å²) in [5.41, 5.74) is 9.28. The number of halogens is 1. The maximum atomic E-state index is 5.63. The zero-order valence-corrected chi connectivity index (χ0v) is 9.63. The van der Waals surface area contributed by atoms with Crippen molar-refractivity contribution in [3.63, 3.8) is 0 Å². The molecule has 0 unspecified atom stereocenters. The van der Waals surface area contributed by atoms with Gasteiger partial charge in [0, 0.05) is 5.54 Å². The van der Waals surface area contributed by atoms with Crippen molar-refractivity contribution in [3.05, 3.63) is 40.9 Å². The van der Waals surface area contributed by atoms with Crippen LogP contribution in [0.25, 0.3) is 0 Å². The zero-order valence-electron chi connectivity index (χ0n) is 8.87. The maximum absolute atomic E-state index is 5.63. The minimum absolute atomic E-state index is 0.492. The molecule has 0 saturated carbocycles. The summed E-state index contributed by atoms with van der Waals surface area (Å²) in [7, 11) is 0. The van der Waals surface area contributed by atoms with E-state index >= 15 is 0 Å². The molecule has 0 aliphatic heterocycles. The summed E-state index contributed by atoms with van der Waals surface area (Å²) in [6, 6.07) is 6.09. The Kier molecular flexibility index (Phi) is 5.22. The molecule has 1 aromatic rings. The Morgan fingerprint density at radius 3 is 2.93 bits per heavy atom. The van der Waals surface area contributed by atoms with Crippen molar-refractivity contribution in [1.29, 1.82) is 0 Å². The van der Waals surface area contributed by atoms with Gasteiger partial charge in [-0.15, -0.1) is 0 Å². The van der Waals surface area contributed by atoms with E-state index in [1.54, 1.807) is 6.08 Å². The van der Waals surface area contributed by atoms with Gasteiger partial charge in [0.25, 0.3) is 0 Å². The number of hydrogen-bond acceptors (Lipinski definition) is 2. The van der Waals surface area contributed by atoms with Crippen LogP contribution in [0, 0.1) is 6.92 Å². The van der Waals surface area contributed by atoms with Crippen LogP contribution >= 0.6 is 11.6 Å². The number of para-hydroxylation sites is 1. The van der Waals surface area contributed by atoms with Crippen molar-refractivity contribution < 1.29 is 4.74 Å². The highest BCUT2D eigenvalue weighted by Gasteiger charge is 2.05. The van der Waals surface area contributed by atoms with Crippen LogP contribution in [-0.2, 0) is 6.42 Å². The Morgan fingerprint density at radius 2 is 2.27 bits per heavy atom. The second-order valence-electron chi connectivity index (χ2n) is 3.27. The Hall–Kier alpha value is -0.990. The molecule has 82 valence electrons. The van der Waals surface area contributed by atoms with Crippen LogP contribution in [0.1, 0.15) is 11.1 Å². The molecule has 1 rings (SSSR count). The average molecular weight is 226 g/mol. The van der Waals surface area contributed by atoms with E-state index in [9.17, 15) is 0 Å². The third kappa shape index (κ3) is 3.57. The minimum atomic E-state index is 0.492. The number of aryl methyl sites for hydroxylation is 1. The second kappa shape index (κ2) is 6.49. The summed E-state index contributed by atoms with van der Waals surface area (Å²) in [5.74, 6) is 0.928. The van der Waals surface area contributed by atoms with Crippen LogP contribution < -0.4 is 10.5 Å². The summed E-state index contributed by atoms with van der Waals surface area (Å²) in [4.78, 5) is 0. The largest absolute Gasteiger partial charge is 0.489 e. The van der Waals surface area contributed by atoms with Crippen LogP contribution in [-0.4, -0.2) is 13.2 Å². The Balaban J connectivity index is 2.81. The Morgan fingerprint density at radius 1 is 1.47 bits per heavy atom. The van der Waals surface area contributed by atoms with Gasteiger partial charge in [0.2, 0.25) is 0 Å². The fraction of sp³-hybridized carbons (Fsp3) is 0.333. The summed E-state index contributed by atoms with van der Waals surface area (Å²) in [6.07, 6.45) is 2.60. The first-order chi connectivity index (χ1) is 7.29. The van der Waals surface area contributed by atoms with E-state index in [4.69, 9.17) is 22.1 Å². The second-order valence-corrected chi connectivity index (χ2v) is 3.53. The number of ether oxygens (including phenoxy) is 1. The molecule has 0 aliphatic rings. The van der Waals surface area contributed by atoms with Gasteiger partial charge in [-0.25, -0.2) is 0 Å². The lowest BCUT2D eigenvalue weighted by Crippen LogP contribution is -2.06. The number of benzene rings is 1. The van der Waals surface area contributed by atoms with E-state index in [0.29, 0.717) is 13.2 Å². The van der Waals surface area contributed by atoms with Crippen molar-refractivity contribution in [2.45, 2.75) is 13.3 Å². The van der Waals surface area contributed by atoms with Gasteiger partial charge < -0.3 is 10.5 Å². The first-order valence-corrected chi connectivity index (χ1v) is 5.39. The summed E-state index contributed by atoms with van der Waals surface area (Å²) in [6.45, 7) is 3.15. The van der Waals surface area contributed by atoms with Gasteiger partial charge in [-0.05, 0) is 37.1 Å². The molecule has 0 saturated heterocycles. The van der Waals surface area contributed by atoms with Crippen molar-refractivity contribution >= 4 is 11.6 Å².